The number of aryl methyl sites for hydroxylation is 1. The molecule has 0 radical (unpaired) electrons. The first kappa shape index (κ1) is 16.8. The van der Waals surface area contributed by atoms with Gasteiger partial charge >= 0.3 is 0 Å². The second-order valence-electron chi connectivity index (χ2n) is 5.99. The van der Waals surface area contributed by atoms with Crippen molar-refractivity contribution in [3.05, 3.63) is 58.3 Å². The van der Waals surface area contributed by atoms with Crippen molar-refractivity contribution >= 4 is 44.3 Å². The Bertz CT molecular complexity index is 1040. The van der Waals surface area contributed by atoms with Gasteiger partial charge in [0, 0.05) is 23.5 Å². The van der Waals surface area contributed by atoms with E-state index in [1.165, 1.54) is 0 Å². The fourth-order valence-corrected chi connectivity index (χ4v) is 3.69. The largest absolute Gasteiger partial charge is 0.326 e. The van der Waals surface area contributed by atoms with E-state index in [4.69, 9.17) is 0 Å². The number of fused-ring (bicyclic) bond motifs is 3. The highest BCUT2D eigenvalue weighted by molar-refractivity contribution is 9.10. The number of imidazole rings is 1. The van der Waals surface area contributed by atoms with Crippen LogP contribution in [0.5, 0.6) is 0 Å². The quantitative estimate of drug-likeness (QED) is 0.643. The monoisotopic (exact) mass is 419 g/mol. The second-order valence-corrected chi connectivity index (χ2v) is 6.85. The van der Waals surface area contributed by atoms with Crippen LogP contribution in [0.15, 0.2) is 40.9 Å². The molecule has 0 saturated heterocycles. The van der Waals surface area contributed by atoms with E-state index in [0.717, 1.165) is 11.6 Å². The molecule has 1 unspecified atom stereocenters. The van der Waals surface area contributed by atoms with Crippen LogP contribution in [0.25, 0.3) is 11.0 Å². The number of ketones is 1. The van der Waals surface area contributed by atoms with E-state index in [1.54, 1.807) is 6.07 Å². The lowest BCUT2D eigenvalue weighted by molar-refractivity contribution is -0.128. The number of amides is 1. The van der Waals surface area contributed by atoms with Crippen LogP contribution in [0.3, 0.4) is 0 Å². The summed E-state index contributed by atoms with van der Waals surface area (Å²) in [6, 6.07) is 9.05. The number of nitrogens with zero attached hydrogens (tertiary/aromatic N) is 2. The zero-order valence-electron chi connectivity index (χ0n) is 13.3. The predicted molar refractivity (Wildman–Crippen MR) is 94.8 cm³/mol. The number of carbonyl (C=O) groups is 2. The molecule has 1 N–H and O–H groups in total. The Morgan fingerprint density at radius 1 is 1.27 bits per heavy atom. The highest BCUT2D eigenvalue weighted by Crippen LogP contribution is 2.32. The molecule has 0 aliphatic carbocycles. The predicted octanol–water partition coefficient (Wildman–Crippen LogP) is 3.77. The fraction of sp³-hybridized carbons (Fsp3) is 0.167. The van der Waals surface area contributed by atoms with Crippen LogP contribution in [0.4, 0.5) is 14.5 Å². The van der Waals surface area contributed by atoms with Gasteiger partial charge in [-0.3, -0.25) is 9.59 Å². The van der Waals surface area contributed by atoms with Gasteiger partial charge in [-0.2, -0.15) is 0 Å². The number of benzene rings is 2. The Morgan fingerprint density at radius 3 is 2.81 bits per heavy atom. The lowest BCUT2D eigenvalue weighted by Gasteiger charge is -2.22. The number of anilines is 1. The molecule has 2 heterocycles. The van der Waals surface area contributed by atoms with Crippen molar-refractivity contribution in [2.45, 2.75) is 18.9 Å². The fourth-order valence-electron chi connectivity index (χ4n) is 3.18. The molecular weight excluding hydrogens is 408 g/mol. The summed E-state index contributed by atoms with van der Waals surface area (Å²) in [5, 5.41) is 2.39. The molecule has 0 saturated carbocycles. The molecule has 0 bridgehead atoms. The Kier molecular flexibility index (Phi) is 4.07. The van der Waals surface area contributed by atoms with E-state index >= 15 is 0 Å². The molecule has 5 nitrogen and oxygen atoms in total. The first-order valence-corrected chi connectivity index (χ1v) is 8.68. The average Bonchev–Trinajstić information content (AvgIpc) is 2.96. The molecule has 1 aliphatic heterocycles. The summed E-state index contributed by atoms with van der Waals surface area (Å²) >= 11 is 3.02. The van der Waals surface area contributed by atoms with Crippen LogP contribution in [0, 0.1) is 11.6 Å². The summed E-state index contributed by atoms with van der Waals surface area (Å²) in [5.41, 5.74) is 1.31. The van der Waals surface area contributed by atoms with Gasteiger partial charge in [0.2, 0.25) is 5.91 Å². The highest BCUT2D eigenvalue weighted by atomic mass is 79.9. The summed E-state index contributed by atoms with van der Waals surface area (Å²) in [5.74, 6) is -3.50. The van der Waals surface area contributed by atoms with E-state index in [0.29, 0.717) is 24.0 Å². The maximum Gasteiger partial charge on any atom is 0.242 e. The van der Waals surface area contributed by atoms with Crippen LogP contribution in [0.2, 0.25) is 0 Å². The molecule has 4 rings (SSSR count). The highest BCUT2D eigenvalue weighted by Gasteiger charge is 2.37. The lowest BCUT2D eigenvalue weighted by atomic mass is 9.96. The molecule has 132 valence electrons. The Morgan fingerprint density at radius 2 is 2.04 bits per heavy atom. The van der Waals surface area contributed by atoms with E-state index in [1.807, 2.05) is 22.8 Å². The molecule has 1 aliphatic rings. The molecule has 26 heavy (non-hydrogen) atoms. The first-order chi connectivity index (χ1) is 12.5. The van der Waals surface area contributed by atoms with Gasteiger partial charge < -0.3 is 9.88 Å². The van der Waals surface area contributed by atoms with E-state index in [2.05, 4.69) is 26.2 Å². The van der Waals surface area contributed by atoms with Gasteiger partial charge in [-0.25, -0.2) is 13.8 Å². The number of aromatic nitrogens is 2. The Labute approximate surface area is 155 Å². The van der Waals surface area contributed by atoms with Crippen LogP contribution in [0.1, 0.15) is 18.2 Å². The third-order valence-corrected chi connectivity index (χ3v) is 4.99. The van der Waals surface area contributed by atoms with Crippen LogP contribution in [-0.2, 0) is 16.1 Å². The average molecular weight is 420 g/mol. The molecule has 8 heteroatoms. The zero-order chi connectivity index (χ0) is 18.4. The maximum atomic E-state index is 14.0. The molecule has 1 aromatic heterocycles. The summed E-state index contributed by atoms with van der Waals surface area (Å²) < 4.78 is 29.1. The van der Waals surface area contributed by atoms with Crippen molar-refractivity contribution in [2.75, 3.05) is 5.32 Å². The molecule has 1 atom stereocenters. The van der Waals surface area contributed by atoms with Gasteiger partial charge in [-0.15, -0.1) is 0 Å². The molecule has 2 aromatic carbocycles. The van der Waals surface area contributed by atoms with Gasteiger partial charge in [-0.1, -0.05) is 12.1 Å². The Balaban J connectivity index is 1.74. The maximum absolute atomic E-state index is 14.0. The van der Waals surface area contributed by atoms with E-state index in [9.17, 15) is 18.4 Å². The van der Waals surface area contributed by atoms with Crippen LogP contribution in [-0.4, -0.2) is 21.2 Å². The van der Waals surface area contributed by atoms with Crippen molar-refractivity contribution in [2.24, 2.45) is 0 Å². The number of hydrogen-bond acceptors (Lipinski definition) is 3. The summed E-state index contributed by atoms with van der Waals surface area (Å²) in [4.78, 5) is 29.6. The molecule has 0 fully saturated rings. The first-order valence-electron chi connectivity index (χ1n) is 7.89. The molecule has 0 spiro atoms. The number of rotatable bonds is 2. The van der Waals surface area contributed by atoms with Gasteiger partial charge in [0.25, 0.3) is 0 Å². The van der Waals surface area contributed by atoms with Gasteiger partial charge in [0.15, 0.2) is 17.5 Å². The minimum absolute atomic E-state index is 0.0557. The summed E-state index contributed by atoms with van der Waals surface area (Å²) in [6.07, 6.45) is 0.179. The minimum atomic E-state index is -1.15. The number of halogens is 3. The SMILES string of the molecule is O=C1CCn2c(nc3ccccc32)C1C(=O)Nc1c(F)cc(F)cc1Br. The minimum Gasteiger partial charge on any atom is -0.326 e. The van der Waals surface area contributed by atoms with Crippen molar-refractivity contribution in [3.63, 3.8) is 0 Å². The molecule has 3 aromatic rings. The third kappa shape index (κ3) is 2.70. The van der Waals surface area contributed by atoms with E-state index in [-0.39, 0.29) is 22.4 Å². The molecule has 1 amide bonds. The standard InChI is InChI=1S/C18H12BrF2N3O2/c19-10-7-9(20)8-11(21)16(10)23-18(26)15-14(25)5-6-24-13-4-2-1-3-12(13)22-17(15)24/h1-4,7-8,15H,5-6H2,(H,23,26). The normalized spacial score (nSPS) is 16.6. The topological polar surface area (TPSA) is 64.0 Å². The lowest BCUT2D eigenvalue weighted by Crippen LogP contribution is -2.34. The molecular formula is C18H12BrF2N3O2. The number of nitrogens with one attached hydrogen (secondary N) is 1. The van der Waals surface area contributed by atoms with Crippen LogP contribution < -0.4 is 5.32 Å². The van der Waals surface area contributed by atoms with Crippen molar-refractivity contribution in [1.29, 1.82) is 0 Å². The van der Waals surface area contributed by atoms with Gasteiger partial charge in [0.1, 0.15) is 11.6 Å². The summed E-state index contributed by atoms with van der Waals surface area (Å²) in [7, 11) is 0. The number of hydrogen-bond donors (Lipinski definition) is 1. The van der Waals surface area contributed by atoms with Gasteiger partial charge in [0.05, 0.1) is 16.7 Å². The third-order valence-electron chi connectivity index (χ3n) is 4.36. The summed E-state index contributed by atoms with van der Waals surface area (Å²) in [6.45, 7) is 0.438. The van der Waals surface area contributed by atoms with Crippen LogP contribution >= 0.6 is 15.9 Å². The van der Waals surface area contributed by atoms with Crippen molar-refractivity contribution < 1.29 is 18.4 Å². The number of Topliss-reactive ketones (excluding diaryl/α,β-unsaturated/α-hetero) is 1. The smallest absolute Gasteiger partial charge is 0.242 e. The zero-order valence-corrected chi connectivity index (χ0v) is 14.9. The Hall–Kier alpha value is -2.61. The van der Waals surface area contributed by atoms with Crippen molar-refractivity contribution in [3.8, 4) is 0 Å². The number of para-hydroxylation sites is 2. The number of carbonyl (C=O) groups excluding carboxylic acids is 2. The van der Waals surface area contributed by atoms with E-state index < -0.39 is 23.5 Å². The second kappa shape index (κ2) is 6.28. The van der Waals surface area contributed by atoms with Gasteiger partial charge in [-0.05, 0) is 34.1 Å². The van der Waals surface area contributed by atoms with Crippen molar-refractivity contribution in [1.82, 2.24) is 9.55 Å².